The van der Waals surface area contributed by atoms with Crippen molar-refractivity contribution in [3.63, 3.8) is 0 Å². The molecule has 0 saturated carbocycles. The molecule has 8 amide bonds. The second-order valence-corrected chi connectivity index (χ2v) is 28.6. The second kappa shape index (κ2) is 64.5. The van der Waals surface area contributed by atoms with E-state index in [1.54, 1.807) is 111 Å². The second-order valence-electron chi connectivity index (χ2n) is 28.6. The third-order valence-corrected chi connectivity index (χ3v) is 10.9. The van der Waals surface area contributed by atoms with Gasteiger partial charge >= 0.3 is 95.3 Å². The number of urea groups is 1. The maximum absolute atomic E-state index is 11.7. The molecule has 3 rings (SSSR count). The molecule has 0 aliphatic carbocycles. The Labute approximate surface area is 674 Å². The van der Waals surface area contributed by atoms with Gasteiger partial charge in [0.25, 0.3) is 6.02 Å². The van der Waals surface area contributed by atoms with Crippen molar-refractivity contribution < 1.29 is 124 Å². The van der Waals surface area contributed by atoms with E-state index >= 15 is 0 Å². The number of alkyl halides is 1. The molecule has 0 spiro atoms. The number of aliphatic hydroxyl groups is 1. The number of carbonyl (C=O) groups excluding carboxylic acids is 9. The monoisotopic (exact) mass is 1720 g/mol. The van der Waals surface area contributed by atoms with Gasteiger partial charge in [-0.05, 0) is 195 Å². The number of halogens is 2. The summed E-state index contributed by atoms with van der Waals surface area (Å²) in [6.07, 6.45) is -2.69. The molecule has 0 heterocycles. The van der Waals surface area contributed by atoms with E-state index in [-0.39, 0.29) is 104 Å². The number of aliphatic imine (C=N–C) groups is 3. The van der Waals surface area contributed by atoms with Gasteiger partial charge in [-0.3, -0.25) is 28.8 Å². The summed E-state index contributed by atoms with van der Waals surface area (Å²) in [4.78, 5) is 128. The molecule has 0 radical (unpaired) electrons. The predicted octanol–water partition coefficient (Wildman–Crippen LogP) is 8.03. The number of amides is 8. The van der Waals surface area contributed by atoms with Crippen molar-refractivity contribution in [2.45, 2.75) is 288 Å². The van der Waals surface area contributed by atoms with Gasteiger partial charge in [0, 0.05) is 43.9 Å². The van der Waals surface area contributed by atoms with E-state index in [2.05, 4.69) is 91.9 Å². The number of carboxylic acids is 1. The average Bonchev–Trinajstić information content (AvgIpc) is 0.924. The molecule has 0 aliphatic rings. The Morgan fingerprint density at radius 1 is 0.486 bits per heavy atom. The molecule has 0 fully saturated rings. The number of esters is 2. The number of carboxylic acid groups (broad SMARTS) is 1. The third-order valence-electron chi connectivity index (χ3n) is 10.9. The van der Waals surface area contributed by atoms with Crippen LogP contribution in [-0.2, 0) is 92.1 Å². The van der Waals surface area contributed by atoms with Crippen molar-refractivity contribution in [2.24, 2.45) is 32.2 Å². The first kappa shape index (κ1) is 109. The van der Waals surface area contributed by atoms with Gasteiger partial charge in [0.05, 0.1) is 23.7 Å². The Kier molecular flexibility index (Phi) is 64.7. The summed E-state index contributed by atoms with van der Waals surface area (Å²) in [6, 6.07) is 28.7. The summed E-state index contributed by atoms with van der Waals surface area (Å²) in [7, 11) is 4.20. The van der Waals surface area contributed by atoms with Gasteiger partial charge in [-0.15, -0.1) is 0 Å². The number of nitrogens with one attached hydrogen (secondary N) is 6. The SMILES string of the molecule is CC(C)(C)O.CC(C)(C)OC(=O)CC[C@H](NC(=O)OCc1ccccc1)C(N)=O.CC(C)(C)OC(=O)CC[C@H](NC(=O)OCc1ccccc1)C(N)=O.CC(C)N=C=NC(C)C.CC(C)NC(=O)NC(C)C.CCN=C(NC(C)C)OC(C)(C)C.NC(=O)[C@H](CCC(=O)O)NC(=O)OCc1ccccc1.[2H][I-]C.[Cl][Cu]. The summed E-state index contributed by atoms with van der Waals surface area (Å²) in [6.45, 7) is 44.5. The van der Waals surface area contributed by atoms with Crippen LogP contribution in [0.15, 0.2) is 106 Å². The number of nitrogens with zero attached hydrogens (tertiary/aromatic N) is 3. The topological polar surface area (TPSA) is 454 Å². The molecule has 3 atom stereocenters. The minimum absolute atomic E-state index is 0.0379. The van der Waals surface area contributed by atoms with E-state index in [1.165, 1.54) is 0 Å². The van der Waals surface area contributed by atoms with Crippen molar-refractivity contribution in [3.8, 4) is 0 Å². The van der Waals surface area contributed by atoms with Gasteiger partial charge in [-0.1, -0.05) is 91.0 Å². The normalized spacial score (nSPS) is 11.6. The quantitative estimate of drug-likeness (QED) is 0.00654. The fourth-order valence-corrected chi connectivity index (χ4v) is 6.77. The molecule has 3 aromatic rings. The third kappa shape index (κ3) is 85.2. The van der Waals surface area contributed by atoms with Crippen molar-refractivity contribution >= 4 is 82.1 Å². The van der Waals surface area contributed by atoms with Crippen molar-refractivity contribution in [1.29, 1.82) is 0.594 Å². The zero-order valence-electron chi connectivity index (χ0n) is 69.4. The van der Waals surface area contributed by atoms with E-state index in [0.717, 1.165) is 23.2 Å². The molecule has 0 aromatic heterocycles. The molecule has 0 saturated heterocycles. The van der Waals surface area contributed by atoms with E-state index in [4.69, 9.17) is 56.4 Å². The van der Waals surface area contributed by atoms with Crippen molar-refractivity contribution in [1.82, 2.24) is 31.9 Å². The van der Waals surface area contributed by atoms with Gasteiger partial charge in [0.1, 0.15) is 54.7 Å². The molecule has 0 aliphatic heterocycles. The van der Waals surface area contributed by atoms with Gasteiger partial charge in [-0.2, -0.15) is 0 Å². The van der Waals surface area contributed by atoms with Crippen LogP contribution >= 0.6 is 10.1 Å². The Hall–Kier alpha value is -8.29. The number of amidine groups is 1. The van der Waals surface area contributed by atoms with E-state index in [0.29, 0.717) is 24.1 Å². The van der Waals surface area contributed by atoms with Crippen LogP contribution in [0.5, 0.6) is 0 Å². The molecule has 628 valence electrons. The summed E-state index contributed by atoms with van der Waals surface area (Å²) in [5.74, 6) is -4.29. The van der Waals surface area contributed by atoms with Crippen LogP contribution in [0, 0.1) is 0 Å². The van der Waals surface area contributed by atoms with Crippen LogP contribution in [0.4, 0.5) is 19.2 Å². The Morgan fingerprint density at radius 2 is 0.743 bits per heavy atom. The number of aliphatic carboxylic acids is 1. The van der Waals surface area contributed by atoms with Gasteiger partial charge < -0.3 is 87.7 Å². The van der Waals surface area contributed by atoms with Gasteiger partial charge in [-0.25, -0.2) is 34.2 Å². The number of benzene rings is 3. The number of rotatable bonds is 27. The van der Waals surface area contributed by atoms with Crippen LogP contribution in [0.25, 0.3) is 0 Å². The number of hydrogen-bond donors (Lipinski definition) is 11. The number of hydrogen-bond acceptors (Lipinski definition) is 20. The summed E-state index contributed by atoms with van der Waals surface area (Å²) < 4.78 is 37.2. The minimum atomic E-state index is -1.07. The molecule has 33 heteroatoms. The van der Waals surface area contributed by atoms with Crippen molar-refractivity contribution in [2.75, 3.05) is 11.5 Å². The Bertz CT molecular complexity index is 2980. The molecule has 14 N–H and O–H groups in total. The first-order valence-corrected chi connectivity index (χ1v) is 38.7. The predicted molar refractivity (Wildman–Crippen MR) is 420 cm³/mol. The maximum atomic E-state index is 11.7. The molecule has 0 unspecified atom stereocenters. The standard InChI is InChI=1S/2C17H24N2O5.C13H16N2O5.C10H22N2O.C7H16N2O.C7H14N2.C4H10O.CH4I.ClH.Cu/c2*1-17(2,3)24-14(20)10-9-13(15(18)21)19-16(22)23-11-12-7-5-4-6-8-12;14-12(18)10(6-7-11(16)17)15-13(19)20-8-9-4-2-1-3-5-9;1-7-11-9(12-8(2)3)13-10(4,5)6;1-5(2)8-7(10)9-6(3)4;1-6(2)8-5-9-7(3)4;1-4(2,3)5;1-2;;/h2*4-8,13H,9-11H2,1-3H3,(H2,18,21)(H,19,22);1-5,10H,6-8H2,(H2,14,18)(H,15,19)(H,16,17);8H,7H2,1-6H3,(H,11,12);5-6H,1-4H3,(H2,8,9,10);6-7H,1-4H3;5H,1-3H3;2H,1H3;1H;/q;;;;;;;-1;;+1/p-1/t2*13-;10-;;;;;;;/m000......./s1/i;;;;;;;2D;;. The van der Waals surface area contributed by atoms with E-state index in [9.17, 15) is 47.9 Å². The number of primary amides is 3. The Morgan fingerprint density at radius 3 is 0.954 bits per heavy atom. The molecule has 30 nitrogen and oxygen atoms in total. The fraction of sp³-hybridized carbons (Fsp3) is 0.605. The summed E-state index contributed by atoms with van der Waals surface area (Å²) in [5.41, 5.74) is 16.1. The van der Waals surface area contributed by atoms with Crippen LogP contribution in [0.2, 0.25) is 0 Å². The summed E-state index contributed by atoms with van der Waals surface area (Å²) in [5, 5.41) is 32.6. The van der Waals surface area contributed by atoms with E-state index in [1.807, 2.05) is 130 Å². The number of ether oxygens (including phenoxy) is 6. The van der Waals surface area contributed by atoms with Crippen LogP contribution < -0.4 is 71.5 Å². The number of nitrogens with two attached hydrogens (primary N) is 3. The van der Waals surface area contributed by atoms with Crippen LogP contribution in [0.3, 0.4) is 0 Å². The van der Waals surface area contributed by atoms with Crippen LogP contribution in [-0.4, -0.2) is 165 Å². The zero-order valence-corrected chi connectivity index (χ0v) is 72.3. The first-order chi connectivity index (χ1) is 50.7. The fourth-order valence-electron chi connectivity index (χ4n) is 6.77. The van der Waals surface area contributed by atoms with E-state index < -0.39 is 88.8 Å². The average molecular weight is 1730 g/mol. The molecule has 109 heavy (non-hydrogen) atoms. The molecule has 3 aromatic carbocycles. The number of alkyl carbamates (subject to hydrolysis) is 3. The van der Waals surface area contributed by atoms with Crippen molar-refractivity contribution in [3.05, 3.63) is 108 Å². The summed E-state index contributed by atoms with van der Waals surface area (Å²) >= 11 is 3.50. The zero-order chi connectivity index (χ0) is 86.4. The van der Waals surface area contributed by atoms with Gasteiger partial charge in [0.15, 0.2) is 0 Å². The molecular formula is C76H130ClCuIN12O18-. The first-order valence-electron chi connectivity index (χ1n) is 35.6. The molecule has 0 bridgehead atoms. The molecular weight excluding hydrogens is 1590 g/mol. The van der Waals surface area contributed by atoms with Crippen LogP contribution in [0.1, 0.15) is 214 Å². The van der Waals surface area contributed by atoms with Gasteiger partial charge in [0.2, 0.25) is 17.7 Å². The number of carbonyl (C=O) groups is 10. The Balaban J connectivity index is -0.000000296.